The second-order valence-corrected chi connectivity index (χ2v) is 3.93. The standard InChI is InChI=1S/C14H19NO2/c1-3-15(13-9-5-4-6-10-13)11-7-8-12(2)14(16)17/h4-6,9-10H,2-3,7-8,11H2,1H3,(H,16,17). The molecule has 0 aromatic heterocycles. The Morgan fingerprint density at radius 1 is 1.35 bits per heavy atom. The summed E-state index contributed by atoms with van der Waals surface area (Å²) in [4.78, 5) is 12.8. The largest absolute Gasteiger partial charge is 0.478 e. The number of benzene rings is 1. The van der Waals surface area contributed by atoms with Crippen molar-refractivity contribution in [2.24, 2.45) is 0 Å². The fourth-order valence-electron chi connectivity index (χ4n) is 1.70. The van der Waals surface area contributed by atoms with Crippen LogP contribution in [0.4, 0.5) is 5.69 Å². The third kappa shape index (κ3) is 4.31. The van der Waals surface area contributed by atoms with E-state index in [-0.39, 0.29) is 5.57 Å². The summed E-state index contributed by atoms with van der Waals surface area (Å²) in [6.07, 6.45) is 1.35. The minimum Gasteiger partial charge on any atom is -0.478 e. The molecule has 0 atom stereocenters. The van der Waals surface area contributed by atoms with Crippen molar-refractivity contribution in [1.82, 2.24) is 0 Å². The number of carboxylic acids is 1. The normalized spacial score (nSPS) is 9.94. The van der Waals surface area contributed by atoms with Gasteiger partial charge in [0.2, 0.25) is 0 Å². The van der Waals surface area contributed by atoms with Crippen molar-refractivity contribution in [3.8, 4) is 0 Å². The van der Waals surface area contributed by atoms with Gasteiger partial charge in [-0.2, -0.15) is 0 Å². The highest BCUT2D eigenvalue weighted by Gasteiger charge is 2.06. The van der Waals surface area contributed by atoms with Gasteiger partial charge in [-0.1, -0.05) is 24.8 Å². The average molecular weight is 233 g/mol. The summed E-state index contributed by atoms with van der Waals surface area (Å²) in [6.45, 7) is 7.40. The van der Waals surface area contributed by atoms with Crippen LogP contribution in [0.2, 0.25) is 0 Å². The second kappa shape index (κ2) is 6.74. The third-order valence-corrected chi connectivity index (χ3v) is 2.71. The molecule has 17 heavy (non-hydrogen) atoms. The van der Waals surface area contributed by atoms with Crippen molar-refractivity contribution < 1.29 is 9.90 Å². The maximum absolute atomic E-state index is 10.6. The molecule has 0 radical (unpaired) electrons. The van der Waals surface area contributed by atoms with Crippen LogP contribution in [0, 0.1) is 0 Å². The van der Waals surface area contributed by atoms with E-state index in [4.69, 9.17) is 5.11 Å². The Hall–Kier alpha value is -1.77. The Kier molecular flexibility index (Phi) is 5.27. The molecule has 0 amide bonds. The average Bonchev–Trinajstić information content (AvgIpc) is 2.35. The highest BCUT2D eigenvalue weighted by atomic mass is 16.4. The number of rotatable bonds is 7. The fourth-order valence-corrected chi connectivity index (χ4v) is 1.70. The molecule has 3 nitrogen and oxygen atoms in total. The molecular formula is C14H19NO2. The zero-order valence-electron chi connectivity index (χ0n) is 10.2. The summed E-state index contributed by atoms with van der Waals surface area (Å²) >= 11 is 0. The van der Waals surface area contributed by atoms with Crippen molar-refractivity contribution >= 4 is 11.7 Å². The molecule has 1 rings (SSSR count). The van der Waals surface area contributed by atoms with Crippen molar-refractivity contribution in [3.63, 3.8) is 0 Å². The Balaban J connectivity index is 2.44. The van der Waals surface area contributed by atoms with E-state index in [9.17, 15) is 4.79 Å². The SMILES string of the molecule is C=C(CCCN(CC)c1ccccc1)C(=O)O. The Labute approximate surface area is 102 Å². The van der Waals surface area contributed by atoms with Gasteiger partial charge in [0.05, 0.1) is 0 Å². The van der Waals surface area contributed by atoms with Gasteiger partial charge in [-0.3, -0.25) is 0 Å². The quantitative estimate of drug-likeness (QED) is 0.736. The van der Waals surface area contributed by atoms with E-state index < -0.39 is 5.97 Å². The zero-order chi connectivity index (χ0) is 12.7. The fraction of sp³-hybridized carbons (Fsp3) is 0.357. The lowest BCUT2D eigenvalue weighted by molar-refractivity contribution is -0.132. The number of hydrogen-bond acceptors (Lipinski definition) is 2. The molecule has 0 aliphatic carbocycles. The van der Waals surface area contributed by atoms with E-state index >= 15 is 0 Å². The third-order valence-electron chi connectivity index (χ3n) is 2.71. The number of carboxylic acid groups (broad SMARTS) is 1. The number of anilines is 1. The Morgan fingerprint density at radius 3 is 2.53 bits per heavy atom. The molecule has 0 unspecified atom stereocenters. The van der Waals surface area contributed by atoms with Crippen molar-refractivity contribution in [2.75, 3.05) is 18.0 Å². The molecule has 0 bridgehead atoms. The smallest absolute Gasteiger partial charge is 0.330 e. The first-order chi connectivity index (χ1) is 8.15. The molecule has 0 saturated heterocycles. The van der Waals surface area contributed by atoms with Crippen molar-refractivity contribution in [2.45, 2.75) is 19.8 Å². The van der Waals surface area contributed by atoms with Gasteiger partial charge in [0, 0.05) is 24.4 Å². The van der Waals surface area contributed by atoms with Gasteiger partial charge in [0.25, 0.3) is 0 Å². The molecule has 0 spiro atoms. The molecule has 1 aromatic rings. The van der Waals surface area contributed by atoms with E-state index in [1.54, 1.807) is 0 Å². The number of aliphatic carboxylic acids is 1. The Morgan fingerprint density at radius 2 is 2.00 bits per heavy atom. The predicted molar refractivity (Wildman–Crippen MR) is 70.3 cm³/mol. The van der Waals surface area contributed by atoms with Crippen LogP contribution in [0.1, 0.15) is 19.8 Å². The van der Waals surface area contributed by atoms with Gasteiger partial charge in [-0.25, -0.2) is 4.79 Å². The second-order valence-electron chi connectivity index (χ2n) is 3.93. The van der Waals surface area contributed by atoms with Crippen LogP contribution in [-0.2, 0) is 4.79 Å². The molecular weight excluding hydrogens is 214 g/mol. The molecule has 0 saturated carbocycles. The Bertz CT molecular complexity index is 373. The van der Waals surface area contributed by atoms with Crippen LogP contribution in [0.25, 0.3) is 0 Å². The summed E-state index contributed by atoms with van der Waals surface area (Å²) in [6, 6.07) is 10.1. The van der Waals surface area contributed by atoms with Crippen LogP contribution >= 0.6 is 0 Å². The van der Waals surface area contributed by atoms with Gasteiger partial charge in [-0.15, -0.1) is 0 Å². The van der Waals surface area contributed by atoms with Gasteiger partial charge in [-0.05, 0) is 31.9 Å². The summed E-state index contributed by atoms with van der Waals surface area (Å²) in [5, 5.41) is 8.71. The number of hydrogen-bond donors (Lipinski definition) is 1. The van der Waals surface area contributed by atoms with E-state index in [0.29, 0.717) is 6.42 Å². The number of para-hydroxylation sites is 1. The molecule has 0 fully saturated rings. The van der Waals surface area contributed by atoms with Gasteiger partial charge < -0.3 is 10.0 Å². The molecule has 3 heteroatoms. The van der Waals surface area contributed by atoms with Gasteiger partial charge in [0.1, 0.15) is 0 Å². The van der Waals surface area contributed by atoms with Crippen LogP contribution in [0.5, 0.6) is 0 Å². The zero-order valence-corrected chi connectivity index (χ0v) is 10.2. The van der Waals surface area contributed by atoms with Crippen LogP contribution in [-0.4, -0.2) is 24.2 Å². The summed E-state index contributed by atoms with van der Waals surface area (Å²) in [5.74, 6) is -0.896. The predicted octanol–water partition coefficient (Wildman–Crippen LogP) is 2.93. The summed E-state index contributed by atoms with van der Waals surface area (Å²) in [7, 11) is 0. The number of nitrogens with zero attached hydrogens (tertiary/aromatic N) is 1. The lowest BCUT2D eigenvalue weighted by atomic mass is 10.1. The maximum Gasteiger partial charge on any atom is 0.330 e. The van der Waals surface area contributed by atoms with E-state index in [1.807, 2.05) is 18.2 Å². The van der Waals surface area contributed by atoms with Gasteiger partial charge >= 0.3 is 5.97 Å². The first-order valence-corrected chi connectivity index (χ1v) is 5.86. The lowest BCUT2D eigenvalue weighted by Gasteiger charge is -2.22. The topological polar surface area (TPSA) is 40.5 Å². The molecule has 0 heterocycles. The monoisotopic (exact) mass is 233 g/mol. The molecule has 0 aliphatic heterocycles. The highest BCUT2D eigenvalue weighted by Crippen LogP contribution is 2.14. The minimum atomic E-state index is -0.896. The van der Waals surface area contributed by atoms with Crippen LogP contribution in [0.15, 0.2) is 42.5 Å². The minimum absolute atomic E-state index is 0.286. The van der Waals surface area contributed by atoms with Gasteiger partial charge in [0.15, 0.2) is 0 Å². The van der Waals surface area contributed by atoms with E-state index in [1.165, 1.54) is 5.69 Å². The van der Waals surface area contributed by atoms with Crippen molar-refractivity contribution in [1.29, 1.82) is 0 Å². The van der Waals surface area contributed by atoms with E-state index in [2.05, 4.69) is 30.5 Å². The van der Waals surface area contributed by atoms with E-state index in [0.717, 1.165) is 19.5 Å². The van der Waals surface area contributed by atoms with Crippen molar-refractivity contribution in [3.05, 3.63) is 42.5 Å². The maximum atomic E-state index is 10.6. The first kappa shape index (κ1) is 13.3. The molecule has 1 aromatic carbocycles. The summed E-state index contributed by atoms with van der Waals surface area (Å²) < 4.78 is 0. The number of carbonyl (C=O) groups is 1. The molecule has 1 N–H and O–H groups in total. The lowest BCUT2D eigenvalue weighted by Crippen LogP contribution is -2.24. The molecule has 0 aliphatic rings. The molecule has 92 valence electrons. The highest BCUT2D eigenvalue weighted by molar-refractivity contribution is 5.85. The first-order valence-electron chi connectivity index (χ1n) is 5.86. The summed E-state index contributed by atoms with van der Waals surface area (Å²) in [5.41, 5.74) is 1.46. The van der Waals surface area contributed by atoms with Crippen LogP contribution in [0.3, 0.4) is 0 Å². The van der Waals surface area contributed by atoms with Crippen LogP contribution < -0.4 is 4.90 Å².